The second kappa shape index (κ2) is 3.94. The van der Waals surface area contributed by atoms with Gasteiger partial charge in [0.15, 0.2) is 0 Å². The van der Waals surface area contributed by atoms with Gasteiger partial charge >= 0.3 is 0 Å². The lowest BCUT2D eigenvalue weighted by molar-refractivity contribution is -0.125. The molecule has 1 amide bonds. The van der Waals surface area contributed by atoms with Crippen molar-refractivity contribution in [2.45, 2.75) is 6.92 Å². The number of hydrogen-bond donors (Lipinski definition) is 0. The van der Waals surface area contributed by atoms with E-state index in [1.54, 1.807) is 13.0 Å². The molecule has 1 aliphatic heterocycles. The van der Waals surface area contributed by atoms with E-state index in [1.165, 1.54) is 11.0 Å². The zero-order valence-corrected chi connectivity index (χ0v) is 8.36. The minimum atomic E-state index is -0.565. The van der Waals surface area contributed by atoms with E-state index in [2.05, 4.69) is 4.98 Å². The number of hydrogen-bond acceptors (Lipinski definition) is 3. The Balaban J connectivity index is 2.31. The molecule has 1 aromatic rings. The summed E-state index contributed by atoms with van der Waals surface area (Å²) in [6.07, 6.45) is 0. The van der Waals surface area contributed by atoms with Gasteiger partial charge in [0.1, 0.15) is 12.4 Å². The molecule has 5 heteroatoms. The summed E-state index contributed by atoms with van der Waals surface area (Å²) in [4.78, 5) is 16.6. The van der Waals surface area contributed by atoms with E-state index in [1.807, 2.05) is 0 Å². The van der Waals surface area contributed by atoms with E-state index in [-0.39, 0.29) is 12.5 Å². The minimum absolute atomic E-state index is 0.0389. The number of carbonyl (C=O) groups excluding carboxylic acids is 1. The molecule has 15 heavy (non-hydrogen) atoms. The van der Waals surface area contributed by atoms with Crippen molar-refractivity contribution < 1.29 is 13.9 Å². The lowest BCUT2D eigenvalue weighted by Gasteiger charge is -2.25. The van der Waals surface area contributed by atoms with Crippen molar-refractivity contribution in [2.75, 3.05) is 24.7 Å². The highest BCUT2D eigenvalue weighted by molar-refractivity contribution is 5.93. The molecule has 1 fully saturated rings. The molecule has 0 unspecified atom stereocenters. The molecule has 0 saturated carbocycles. The SMILES string of the molecule is Cc1cc(F)nc(N2CCOCC2=O)c1. The minimum Gasteiger partial charge on any atom is -0.370 e. The fourth-order valence-electron chi connectivity index (χ4n) is 1.51. The maximum absolute atomic E-state index is 13.0. The van der Waals surface area contributed by atoms with E-state index in [0.29, 0.717) is 19.0 Å². The molecule has 0 N–H and O–H groups in total. The lowest BCUT2D eigenvalue weighted by atomic mass is 10.2. The van der Waals surface area contributed by atoms with Crippen molar-refractivity contribution in [3.05, 3.63) is 23.6 Å². The Labute approximate surface area is 86.7 Å². The summed E-state index contributed by atoms with van der Waals surface area (Å²) < 4.78 is 18.0. The molecule has 1 saturated heterocycles. The largest absolute Gasteiger partial charge is 0.370 e. The smallest absolute Gasteiger partial charge is 0.254 e. The Morgan fingerprint density at radius 2 is 2.33 bits per heavy atom. The maximum Gasteiger partial charge on any atom is 0.254 e. The molecule has 0 aliphatic carbocycles. The highest BCUT2D eigenvalue weighted by Gasteiger charge is 2.21. The van der Waals surface area contributed by atoms with Crippen molar-refractivity contribution >= 4 is 11.7 Å². The molecule has 0 spiro atoms. The third-order valence-corrected chi connectivity index (χ3v) is 2.19. The predicted octanol–water partition coefficient (Wildman–Crippen LogP) is 0.892. The summed E-state index contributed by atoms with van der Waals surface area (Å²) >= 11 is 0. The zero-order chi connectivity index (χ0) is 10.8. The summed E-state index contributed by atoms with van der Waals surface area (Å²) in [6, 6.07) is 3.01. The summed E-state index contributed by atoms with van der Waals surface area (Å²) in [5.74, 6) is -0.385. The van der Waals surface area contributed by atoms with Gasteiger partial charge in [-0.3, -0.25) is 9.69 Å². The average Bonchev–Trinajstić information content (AvgIpc) is 2.16. The van der Waals surface area contributed by atoms with Gasteiger partial charge in [-0.25, -0.2) is 4.98 Å². The van der Waals surface area contributed by atoms with Gasteiger partial charge in [0.25, 0.3) is 5.91 Å². The maximum atomic E-state index is 13.0. The Bertz CT molecular complexity index is 375. The molecule has 1 aromatic heterocycles. The van der Waals surface area contributed by atoms with Gasteiger partial charge in [0, 0.05) is 0 Å². The van der Waals surface area contributed by atoms with E-state index in [0.717, 1.165) is 5.56 Å². The third kappa shape index (κ3) is 2.12. The molecule has 0 aromatic carbocycles. The second-order valence-electron chi connectivity index (χ2n) is 3.42. The number of pyridine rings is 1. The van der Waals surface area contributed by atoms with Crippen LogP contribution in [-0.2, 0) is 9.53 Å². The molecular weight excluding hydrogens is 199 g/mol. The molecule has 0 radical (unpaired) electrons. The van der Waals surface area contributed by atoms with Crippen LogP contribution in [0.3, 0.4) is 0 Å². The first-order chi connectivity index (χ1) is 7.16. The quantitative estimate of drug-likeness (QED) is 0.646. The van der Waals surface area contributed by atoms with E-state index in [4.69, 9.17) is 4.74 Å². The summed E-state index contributed by atoms with van der Waals surface area (Å²) in [5, 5.41) is 0. The number of amides is 1. The van der Waals surface area contributed by atoms with Crippen LogP contribution in [-0.4, -0.2) is 30.6 Å². The third-order valence-electron chi connectivity index (χ3n) is 2.19. The van der Waals surface area contributed by atoms with Crippen LogP contribution >= 0.6 is 0 Å². The molecule has 80 valence electrons. The van der Waals surface area contributed by atoms with Crippen LogP contribution in [0.5, 0.6) is 0 Å². The van der Waals surface area contributed by atoms with Crippen molar-refractivity contribution in [1.29, 1.82) is 0 Å². The lowest BCUT2D eigenvalue weighted by Crippen LogP contribution is -2.42. The van der Waals surface area contributed by atoms with Crippen LogP contribution in [0.1, 0.15) is 5.56 Å². The number of anilines is 1. The van der Waals surface area contributed by atoms with Crippen LogP contribution in [0.25, 0.3) is 0 Å². The number of aromatic nitrogens is 1. The Morgan fingerprint density at radius 3 is 3.00 bits per heavy atom. The summed E-state index contributed by atoms with van der Waals surface area (Å²) in [6.45, 7) is 2.69. The van der Waals surface area contributed by atoms with Gasteiger partial charge in [-0.1, -0.05) is 0 Å². The average molecular weight is 210 g/mol. The first kappa shape index (κ1) is 10.0. The van der Waals surface area contributed by atoms with E-state index >= 15 is 0 Å². The van der Waals surface area contributed by atoms with Crippen LogP contribution in [0.4, 0.5) is 10.2 Å². The number of rotatable bonds is 1. The number of morpholine rings is 1. The summed E-state index contributed by atoms with van der Waals surface area (Å²) in [7, 11) is 0. The van der Waals surface area contributed by atoms with Crippen LogP contribution in [0.2, 0.25) is 0 Å². The van der Waals surface area contributed by atoms with Gasteiger partial charge in [0.05, 0.1) is 13.2 Å². The van der Waals surface area contributed by atoms with Gasteiger partial charge in [-0.05, 0) is 24.6 Å². The number of ether oxygens (including phenoxy) is 1. The number of aryl methyl sites for hydroxylation is 1. The molecular formula is C10H11FN2O2. The monoisotopic (exact) mass is 210 g/mol. The van der Waals surface area contributed by atoms with Crippen molar-refractivity contribution in [3.63, 3.8) is 0 Å². The summed E-state index contributed by atoms with van der Waals surface area (Å²) in [5.41, 5.74) is 0.747. The predicted molar refractivity (Wildman–Crippen MR) is 52.1 cm³/mol. The molecule has 0 atom stereocenters. The molecule has 2 rings (SSSR count). The molecule has 0 bridgehead atoms. The number of nitrogens with zero attached hydrogens (tertiary/aromatic N) is 2. The van der Waals surface area contributed by atoms with Gasteiger partial charge in [-0.15, -0.1) is 0 Å². The van der Waals surface area contributed by atoms with E-state index < -0.39 is 5.95 Å². The molecule has 2 heterocycles. The van der Waals surface area contributed by atoms with Crippen LogP contribution in [0, 0.1) is 12.9 Å². The van der Waals surface area contributed by atoms with Crippen molar-refractivity contribution in [1.82, 2.24) is 4.98 Å². The zero-order valence-electron chi connectivity index (χ0n) is 8.36. The van der Waals surface area contributed by atoms with Gasteiger partial charge in [0.2, 0.25) is 5.95 Å². The Kier molecular flexibility index (Phi) is 2.64. The number of carbonyl (C=O) groups is 1. The van der Waals surface area contributed by atoms with Gasteiger partial charge in [-0.2, -0.15) is 4.39 Å². The van der Waals surface area contributed by atoms with Crippen LogP contribution in [0.15, 0.2) is 12.1 Å². The Morgan fingerprint density at radius 1 is 1.53 bits per heavy atom. The first-order valence-electron chi connectivity index (χ1n) is 4.69. The molecule has 1 aliphatic rings. The number of halogens is 1. The normalized spacial score (nSPS) is 16.9. The van der Waals surface area contributed by atoms with Crippen molar-refractivity contribution in [2.24, 2.45) is 0 Å². The standard InChI is InChI=1S/C10H11FN2O2/c1-7-4-8(11)12-9(5-7)13-2-3-15-6-10(13)14/h4-5H,2-3,6H2,1H3. The van der Waals surface area contributed by atoms with Crippen LogP contribution < -0.4 is 4.90 Å². The van der Waals surface area contributed by atoms with Gasteiger partial charge < -0.3 is 4.74 Å². The van der Waals surface area contributed by atoms with Crippen molar-refractivity contribution in [3.8, 4) is 0 Å². The fraction of sp³-hybridized carbons (Fsp3) is 0.400. The first-order valence-corrected chi connectivity index (χ1v) is 4.69. The fourth-order valence-corrected chi connectivity index (χ4v) is 1.51. The highest BCUT2D eigenvalue weighted by atomic mass is 19.1. The Hall–Kier alpha value is -1.49. The second-order valence-corrected chi connectivity index (χ2v) is 3.42. The van der Waals surface area contributed by atoms with E-state index in [9.17, 15) is 9.18 Å². The topological polar surface area (TPSA) is 42.4 Å². The molecule has 4 nitrogen and oxygen atoms in total. The highest BCUT2D eigenvalue weighted by Crippen LogP contribution is 2.16.